The molecule has 0 saturated carbocycles. The molecule has 1 atom stereocenters. The Bertz CT molecular complexity index is 476. The molecule has 1 aromatic heterocycles. The molecule has 2 rings (SSSR count). The first-order valence-electron chi connectivity index (χ1n) is 7.20. The highest BCUT2D eigenvalue weighted by atomic mass is 16.5. The van der Waals surface area contributed by atoms with E-state index in [4.69, 9.17) is 9.15 Å². The van der Waals surface area contributed by atoms with E-state index >= 15 is 0 Å². The summed E-state index contributed by atoms with van der Waals surface area (Å²) in [5.74, 6) is 1.96. The minimum Gasteiger partial charge on any atom is -0.497 e. The molecule has 1 aromatic carbocycles. The summed E-state index contributed by atoms with van der Waals surface area (Å²) in [6.45, 7) is 3.12. The lowest BCUT2D eigenvalue weighted by Crippen LogP contribution is -2.31. The molecular weight excluding hydrogens is 250 g/mol. The number of nitrogens with one attached hydrogen (secondary N) is 1. The number of methoxy groups -OCH3 is 1. The number of rotatable bonds is 8. The first-order chi connectivity index (χ1) is 9.81. The monoisotopic (exact) mass is 273 g/mol. The van der Waals surface area contributed by atoms with Gasteiger partial charge < -0.3 is 14.5 Å². The molecule has 0 aliphatic carbocycles. The Kier molecular flexibility index (Phi) is 5.69. The summed E-state index contributed by atoms with van der Waals surface area (Å²) in [6, 6.07) is 12.7. The maximum absolute atomic E-state index is 5.44. The van der Waals surface area contributed by atoms with Gasteiger partial charge in [-0.1, -0.05) is 19.1 Å². The summed E-state index contributed by atoms with van der Waals surface area (Å²) in [5.41, 5.74) is 1.34. The van der Waals surface area contributed by atoms with E-state index in [1.807, 2.05) is 24.3 Å². The molecule has 1 N–H and O–H groups in total. The second-order valence-corrected chi connectivity index (χ2v) is 4.92. The highest BCUT2D eigenvalue weighted by molar-refractivity contribution is 5.27. The zero-order valence-corrected chi connectivity index (χ0v) is 12.3. The summed E-state index contributed by atoms with van der Waals surface area (Å²) in [5, 5.41) is 3.53. The third kappa shape index (κ3) is 4.42. The van der Waals surface area contributed by atoms with Crippen LogP contribution in [0.1, 0.15) is 24.7 Å². The standard InChI is InChI=1S/C17H23NO2/c1-3-18-15(13-17-5-4-12-20-17)9-6-14-7-10-16(19-2)11-8-14/h4-5,7-8,10-12,15,18H,3,6,9,13H2,1-2H3. The van der Waals surface area contributed by atoms with Gasteiger partial charge in [-0.15, -0.1) is 0 Å². The average molecular weight is 273 g/mol. The second-order valence-electron chi connectivity index (χ2n) is 4.92. The summed E-state index contributed by atoms with van der Waals surface area (Å²) < 4.78 is 10.6. The highest BCUT2D eigenvalue weighted by Crippen LogP contribution is 2.14. The number of likely N-dealkylation sites (N-methyl/N-ethyl adjacent to an activating group) is 1. The highest BCUT2D eigenvalue weighted by Gasteiger charge is 2.10. The molecule has 2 aromatic rings. The first kappa shape index (κ1) is 14.7. The molecule has 0 spiro atoms. The van der Waals surface area contributed by atoms with Gasteiger partial charge >= 0.3 is 0 Å². The number of ether oxygens (including phenoxy) is 1. The Labute approximate surface area is 121 Å². The van der Waals surface area contributed by atoms with Crippen molar-refractivity contribution < 1.29 is 9.15 Å². The Balaban J connectivity index is 1.87. The van der Waals surface area contributed by atoms with Crippen molar-refractivity contribution >= 4 is 0 Å². The Morgan fingerprint density at radius 1 is 1.20 bits per heavy atom. The van der Waals surface area contributed by atoms with E-state index in [2.05, 4.69) is 24.4 Å². The maximum atomic E-state index is 5.44. The number of aryl methyl sites for hydroxylation is 1. The van der Waals surface area contributed by atoms with Gasteiger partial charge in [0, 0.05) is 12.5 Å². The summed E-state index contributed by atoms with van der Waals surface area (Å²) in [6.07, 6.45) is 4.84. The topological polar surface area (TPSA) is 34.4 Å². The summed E-state index contributed by atoms with van der Waals surface area (Å²) in [4.78, 5) is 0. The lowest BCUT2D eigenvalue weighted by Gasteiger charge is -2.16. The number of hydrogen-bond donors (Lipinski definition) is 1. The fourth-order valence-electron chi connectivity index (χ4n) is 2.37. The molecule has 0 radical (unpaired) electrons. The third-order valence-electron chi connectivity index (χ3n) is 3.46. The smallest absolute Gasteiger partial charge is 0.118 e. The van der Waals surface area contributed by atoms with E-state index in [0.29, 0.717) is 6.04 Å². The van der Waals surface area contributed by atoms with Gasteiger partial charge in [0.1, 0.15) is 11.5 Å². The van der Waals surface area contributed by atoms with Crippen molar-refractivity contribution in [2.45, 2.75) is 32.2 Å². The minimum atomic E-state index is 0.452. The van der Waals surface area contributed by atoms with Crippen molar-refractivity contribution in [2.24, 2.45) is 0 Å². The number of hydrogen-bond acceptors (Lipinski definition) is 3. The molecule has 3 nitrogen and oxygen atoms in total. The molecule has 0 saturated heterocycles. The van der Waals surface area contributed by atoms with Crippen LogP contribution in [0.2, 0.25) is 0 Å². The Morgan fingerprint density at radius 2 is 2.00 bits per heavy atom. The van der Waals surface area contributed by atoms with Crippen molar-refractivity contribution in [1.29, 1.82) is 0 Å². The van der Waals surface area contributed by atoms with Crippen molar-refractivity contribution in [2.75, 3.05) is 13.7 Å². The van der Waals surface area contributed by atoms with Gasteiger partial charge in [-0.3, -0.25) is 0 Å². The molecule has 0 aliphatic rings. The van der Waals surface area contributed by atoms with Gasteiger partial charge in [-0.05, 0) is 49.2 Å². The van der Waals surface area contributed by atoms with Gasteiger partial charge in [0.05, 0.1) is 13.4 Å². The van der Waals surface area contributed by atoms with Crippen LogP contribution in [0, 0.1) is 0 Å². The fourth-order valence-corrected chi connectivity index (χ4v) is 2.37. The molecule has 1 unspecified atom stereocenters. The van der Waals surface area contributed by atoms with Crippen LogP contribution < -0.4 is 10.1 Å². The van der Waals surface area contributed by atoms with Crippen molar-refractivity contribution in [3.63, 3.8) is 0 Å². The average Bonchev–Trinajstić information content (AvgIpc) is 2.98. The SMILES string of the molecule is CCNC(CCc1ccc(OC)cc1)Cc1ccco1. The van der Waals surface area contributed by atoms with Crippen LogP contribution in [0.4, 0.5) is 0 Å². The maximum Gasteiger partial charge on any atom is 0.118 e. The van der Waals surface area contributed by atoms with E-state index in [-0.39, 0.29) is 0 Å². The van der Waals surface area contributed by atoms with Gasteiger partial charge in [0.15, 0.2) is 0 Å². The van der Waals surface area contributed by atoms with Gasteiger partial charge in [-0.25, -0.2) is 0 Å². The molecule has 0 amide bonds. The number of furan rings is 1. The van der Waals surface area contributed by atoms with E-state index in [9.17, 15) is 0 Å². The van der Waals surface area contributed by atoms with Gasteiger partial charge in [0.2, 0.25) is 0 Å². The summed E-state index contributed by atoms with van der Waals surface area (Å²) >= 11 is 0. The van der Waals surface area contributed by atoms with Gasteiger partial charge in [0.25, 0.3) is 0 Å². The van der Waals surface area contributed by atoms with Crippen molar-refractivity contribution in [1.82, 2.24) is 5.32 Å². The van der Waals surface area contributed by atoms with Gasteiger partial charge in [-0.2, -0.15) is 0 Å². The van der Waals surface area contributed by atoms with E-state index in [0.717, 1.165) is 37.3 Å². The molecule has 0 aliphatic heterocycles. The van der Waals surface area contributed by atoms with Crippen molar-refractivity contribution in [3.8, 4) is 5.75 Å². The predicted molar refractivity (Wildman–Crippen MR) is 81.2 cm³/mol. The fraction of sp³-hybridized carbons (Fsp3) is 0.412. The lowest BCUT2D eigenvalue weighted by molar-refractivity contribution is 0.414. The molecule has 1 heterocycles. The van der Waals surface area contributed by atoms with E-state index in [1.54, 1.807) is 13.4 Å². The minimum absolute atomic E-state index is 0.452. The molecule has 108 valence electrons. The molecule has 3 heteroatoms. The predicted octanol–water partition coefficient (Wildman–Crippen LogP) is 3.44. The van der Waals surface area contributed by atoms with Crippen LogP contribution in [0.25, 0.3) is 0 Å². The van der Waals surface area contributed by atoms with Crippen LogP contribution in [-0.4, -0.2) is 19.7 Å². The zero-order valence-electron chi connectivity index (χ0n) is 12.3. The molecule has 20 heavy (non-hydrogen) atoms. The number of benzene rings is 1. The zero-order chi connectivity index (χ0) is 14.2. The van der Waals surface area contributed by atoms with Crippen LogP contribution >= 0.6 is 0 Å². The first-order valence-corrected chi connectivity index (χ1v) is 7.20. The largest absolute Gasteiger partial charge is 0.497 e. The third-order valence-corrected chi connectivity index (χ3v) is 3.46. The quantitative estimate of drug-likeness (QED) is 0.800. The van der Waals surface area contributed by atoms with Crippen LogP contribution in [0.5, 0.6) is 5.75 Å². The Morgan fingerprint density at radius 3 is 2.60 bits per heavy atom. The van der Waals surface area contributed by atoms with E-state index < -0.39 is 0 Å². The van der Waals surface area contributed by atoms with E-state index in [1.165, 1.54) is 5.56 Å². The van der Waals surface area contributed by atoms with Crippen LogP contribution in [0.3, 0.4) is 0 Å². The molecule has 0 fully saturated rings. The second kappa shape index (κ2) is 7.75. The molecule has 0 bridgehead atoms. The molecular formula is C17H23NO2. The Hall–Kier alpha value is -1.74. The van der Waals surface area contributed by atoms with Crippen molar-refractivity contribution in [3.05, 3.63) is 54.0 Å². The van der Waals surface area contributed by atoms with Crippen LogP contribution in [-0.2, 0) is 12.8 Å². The van der Waals surface area contributed by atoms with Crippen LogP contribution in [0.15, 0.2) is 47.1 Å². The normalized spacial score (nSPS) is 12.3. The summed E-state index contributed by atoms with van der Waals surface area (Å²) in [7, 11) is 1.69. The lowest BCUT2D eigenvalue weighted by atomic mass is 10.0.